The minimum absolute atomic E-state index is 0.0167. The van der Waals surface area contributed by atoms with Crippen LogP contribution in [0, 0.1) is 6.92 Å². The largest absolute Gasteiger partial charge is 0.422 e. The summed E-state index contributed by atoms with van der Waals surface area (Å²) in [5.74, 6) is -0.0167. The van der Waals surface area contributed by atoms with E-state index < -0.39 is 11.3 Å². The molecule has 0 radical (unpaired) electrons. The molecule has 0 amide bonds. The highest BCUT2D eigenvalue weighted by Gasteiger charge is 2.16. The van der Waals surface area contributed by atoms with Crippen molar-refractivity contribution in [3.05, 3.63) is 56.9 Å². The smallest absolute Gasteiger partial charge is 0.355 e. The van der Waals surface area contributed by atoms with Gasteiger partial charge in [0.15, 0.2) is 0 Å². The third kappa shape index (κ3) is 1.56. The van der Waals surface area contributed by atoms with E-state index in [2.05, 4.69) is 9.97 Å². The van der Waals surface area contributed by atoms with Gasteiger partial charge >= 0.3 is 11.3 Å². The molecule has 3 heterocycles. The van der Waals surface area contributed by atoms with Crippen LogP contribution >= 0.6 is 0 Å². The monoisotopic (exact) mass is 294 g/mol. The molecule has 0 bridgehead atoms. The lowest BCUT2D eigenvalue weighted by molar-refractivity contribution is 0.569. The number of nitrogens with zero attached hydrogens (tertiary/aromatic N) is 3. The summed E-state index contributed by atoms with van der Waals surface area (Å²) < 4.78 is 6.37. The van der Waals surface area contributed by atoms with Crippen LogP contribution in [0.5, 0.6) is 0 Å². The van der Waals surface area contributed by atoms with Gasteiger partial charge < -0.3 is 10.2 Å². The quantitative estimate of drug-likeness (QED) is 0.297. The molecule has 0 aliphatic heterocycles. The van der Waals surface area contributed by atoms with Gasteiger partial charge in [0.25, 0.3) is 0 Å². The second-order valence-electron chi connectivity index (χ2n) is 4.98. The molecule has 4 aromatic rings. The lowest BCUT2D eigenvalue weighted by Gasteiger charge is -2.08. The molecule has 0 spiro atoms. The van der Waals surface area contributed by atoms with E-state index in [0.29, 0.717) is 27.8 Å². The Balaban J connectivity index is 2.40. The SMILES string of the molecule is Cc1cc2nc3c(c(N)n2c(=O)n1)c(=O)oc1ccccc13. The van der Waals surface area contributed by atoms with Gasteiger partial charge in [-0.05, 0) is 19.1 Å². The fourth-order valence-electron chi connectivity index (χ4n) is 2.59. The number of aryl methyl sites for hydroxylation is 1. The number of hydrogen-bond acceptors (Lipinski definition) is 6. The summed E-state index contributed by atoms with van der Waals surface area (Å²) in [6.07, 6.45) is 0. The zero-order valence-electron chi connectivity index (χ0n) is 11.5. The van der Waals surface area contributed by atoms with Gasteiger partial charge in [-0.3, -0.25) is 0 Å². The number of hydrogen-bond donors (Lipinski definition) is 1. The Morgan fingerprint density at radius 2 is 1.95 bits per heavy atom. The number of para-hydroxylation sites is 1. The normalized spacial score (nSPS) is 11.5. The van der Waals surface area contributed by atoms with Crippen molar-refractivity contribution in [2.75, 3.05) is 5.73 Å². The molecule has 4 rings (SSSR count). The predicted octanol–water partition coefficient (Wildman–Crippen LogP) is 1.24. The van der Waals surface area contributed by atoms with Crippen molar-refractivity contribution >= 4 is 33.3 Å². The number of benzene rings is 1. The predicted molar refractivity (Wildman–Crippen MR) is 82.0 cm³/mol. The van der Waals surface area contributed by atoms with Crippen molar-refractivity contribution in [2.24, 2.45) is 0 Å². The Morgan fingerprint density at radius 3 is 2.77 bits per heavy atom. The number of nitrogens with two attached hydrogens (primary N) is 1. The van der Waals surface area contributed by atoms with Crippen LogP contribution in [0.3, 0.4) is 0 Å². The van der Waals surface area contributed by atoms with Gasteiger partial charge in [0.1, 0.15) is 22.4 Å². The summed E-state index contributed by atoms with van der Waals surface area (Å²) >= 11 is 0. The maximum absolute atomic E-state index is 12.2. The molecule has 3 aromatic heterocycles. The lowest BCUT2D eigenvalue weighted by atomic mass is 10.1. The van der Waals surface area contributed by atoms with Crippen molar-refractivity contribution < 1.29 is 4.42 Å². The van der Waals surface area contributed by atoms with E-state index in [-0.39, 0.29) is 11.2 Å². The van der Waals surface area contributed by atoms with Gasteiger partial charge in [0.05, 0.1) is 5.52 Å². The first-order chi connectivity index (χ1) is 10.6. The van der Waals surface area contributed by atoms with Gasteiger partial charge in [-0.25, -0.2) is 19.0 Å². The number of fused-ring (bicyclic) bond motifs is 4. The molecular formula is C15H10N4O3. The second-order valence-corrected chi connectivity index (χ2v) is 4.98. The van der Waals surface area contributed by atoms with Crippen LogP contribution in [0.2, 0.25) is 0 Å². The lowest BCUT2D eigenvalue weighted by Crippen LogP contribution is -2.23. The molecule has 0 aliphatic rings. The van der Waals surface area contributed by atoms with Crippen LogP contribution in [-0.2, 0) is 0 Å². The number of nitrogen functional groups attached to an aromatic ring is 1. The molecule has 22 heavy (non-hydrogen) atoms. The number of anilines is 1. The fourth-order valence-corrected chi connectivity index (χ4v) is 2.59. The Hall–Kier alpha value is -3.22. The molecule has 0 aliphatic carbocycles. The molecule has 2 N–H and O–H groups in total. The van der Waals surface area contributed by atoms with Gasteiger partial charge in [-0.15, -0.1) is 0 Å². The van der Waals surface area contributed by atoms with Gasteiger partial charge in [-0.1, -0.05) is 12.1 Å². The summed E-state index contributed by atoms with van der Waals surface area (Å²) in [4.78, 5) is 32.5. The number of aromatic nitrogens is 3. The van der Waals surface area contributed by atoms with E-state index in [1.165, 1.54) is 0 Å². The standard InChI is InChI=1S/C15H10N4O3/c1-7-6-10-18-12-8-4-2-3-5-9(8)22-14(20)11(12)13(16)19(10)15(21)17-7/h2-6H,16H2,1H3. The van der Waals surface area contributed by atoms with Gasteiger partial charge in [-0.2, -0.15) is 4.98 Å². The zero-order valence-corrected chi connectivity index (χ0v) is 11.5. The first-order valence-corrected chi connectivity index (χ1v) is 6.58. The van der Waals surface area contributed by atoms with Crippen molar-refractivity contribution in [1.29, 1.82) is 0 Å². The maximum Gasteiger partial charge on any atom is 0.355 e. The minimum atomic E-state index is -0.631. The van der Waals surface area contributed by atoms with Crippen LogP contribution in [0.25, 0.3) is 27.5 Å². The Morgan fingerprint density at radius 1 is 1.18 bits per heavy atom. The molecule has 0 saturated carbocycles. The summed E-state index contributed by atoms with van der Waals surface area (Å²) in [6.45, 7) is 1.70. The molecule has 7 nitrogen and oxygen atoms in total. The molecule has 1 aromatic carbocycles. The minimum Gasteiger partial charge on any atom is -0.422 e. The molecule has 0 atom stereocenters. The third-order valence-corrected chi connectivity index (χ3v) is 3.54. The van der Waals surface area contributed by atoms with E-state index in [9.17, 15) is 9.59 Å². The highest BCUT2D eigenvalue weighted by molar-refractivity contribution is 6.05. The van der Waals surface area contributed by atoms with E-state index in [1.54, 1.807) is 31.2 Å². The highest BCUT2D eigenvalue weighted by Crippen LogP contribution is 2.24. The molecule has 7 heteroatoms. The molecule has 0 saturated heterocycles. The Bertz CT molecular complexity index is 1190. The molecule has 0 unspecified atom stereocenters. The average Bonchev–Trinajstić information content (AvgIpc) is 2.46. The first kappa shape index (κ1) is 12.5. The van der Waals surface area contributed by atoms with Gasteiger partial charge in [0.2, 0.25) is 0 Å². The van der Waals surface area contributed by atoms with Crippen LogP contribution in [0.1, 0.15) is 5.69 Å². The third-order valence-electron chi connectivity index (χ3n) is 3.54. The number of rotatable bonds is 0. The Kier molecular flexibility index (Phi) is 2.35. The van der Waals surface area contributed by atoms with Crippen molar-refractivity contribution in [3.8, 4) is 0 Å². The summed E-state index contributed by atoms with van der Waals surface area (Å²) in [7, 11) is 0. The maximum atomic E-state index is 12.2. The first-order valence-electron chi connectivity index (χ1n) is 6.58. The summed E-state index contributed by atoms with van der Waals surface area (Å²) in [6, 6.07) is 8.69. The van der Waals surface area contributed by atoms with Crippen LogP contribution in [0.4, 0.5) is 5.82 Å². The molecular weight excluding hydrogens is 284 g/mol. The highest BCUT2D eigenvalue weighted by atomic mass is 16.4. The van der Waals surface area contributed by atoms with Crippen LogP contribution in [0.15, 0.2) is 44.3 Å². The fraction of sp³-hybridized carbons (Fsp3) is 0.0667. The van der Waals surface area contributed by atoms with Crippen LogP contribution in [-0.4, -0.2) is 14.4 Å². The van der Waals surface area contributed by atoms with Gasteiger partial charge in [0, 0.05) is 17.1 Å². The van der Waals surface area contributed by atoms with Crippen molar-refractivity contribution in [2.45, 2.75) is 6.92 Å². The van der Waals surface area contributed by atoms with E-state index in [0.717, 1.165) is 4.40 Å². The Labute approximate surface area is 122 Å². The van der Waals surface area contributed by atoms with E-state index in [1.807, 2.05) is 6.07 Å². The second kappa shape index (κ2) is 4.14. The van der Waals surface area contributed by atoms with Crippen molar-refractivity contribution in [3.63, 3.8) is 0 Å². The average molecular weight is 294 g/mol. The van der Waals surface area contributed by atoms with Crippen LogP contribution < -0.4 is 17.0 Å². The zero-order chi connectivity index (χ0) is 15.4. The van der Waals surface area contributed by atoms with E-state index in [4.69, 9.17) is 10.2 Å². The van der Waals surface area contributed by atoms with E-state index >= 15 is 0 Å². The molecule has 0 fully saturated rings. The van der Waals surface area contributed by atoms with Crippen molar-refractivity contribution in [1.82, 2.24) is 14.4 Å². The molecule has 108 valence electrons. The topological polar surface area (TPSA) is 103 Å². The summed E-state index contributed by atoms with van der Waals surface area (Å²) in [5, 5.41) is 0.743. The summed E-state index contributed by atoms with van der Waals surface area (Å²) in [5.41, 5.74) is 6.52.